The Labute approximate surface area is 219 Å². The van der Waals surface area contributed by atoms with Crippen LogP contribution >= 0.6 is 7.82 Å². The summed E-state index contributed by atoms with van der Waals surface area (Å²) in [5, 5.41) is 0. The molecule has 0 aliphatic carbocycles. The van der Waals surface area contributed by atoms with Gasteiger partial charge in [-0.3, -0.25) is 14.2 Å². The van der Waals surface area contributed by atoms with E-state index in [1.165, 1.54) is 51.4 Å². The molecule has 0 N–H and O–H groups in total. The summed E-state index contributed by atoms with van der Waals surface area (Å²) < 4.78 is 32.8. The van der Waals surface area contributed by atoms with Crippen molar-refractivity contribution in [3.05, 3.63) is 0 Å². The van der Waals surface area contributed by atoms with Gasteiger partial charge in [0.2, 0.25) is 0 Å². The molecular formula is C26H52NO8P. The SMILES string of the molecule is CCCCCCCCCCCCCC(=O)OC[C@H](COP(=O)([O-])OCC[N+](C)(C)C)OC(=O)CCC. The molecule has 0 bridgehead atoms. The number of unbranched alkanes of at least 4 members (excludes halogenated alkanes) is 10. The number of rotatable bonds is 24. The van der Waals surface area contributed by atoms with E-state index in [4.69, 9.17) is 18.5 Å². The molecule has 1 unspecified atom stereocenters. The third-order valence-electron chi connectivity index (χ3n) is 5.60. The molecule has 0 spiro atoms. The molecule has 36 heavy (non-hydrogen) atoms. The Bertz CT molecular complexity index is 624. The maximum atomic E-state index is 12.1. The lowest BCUT2D eigenvalue weighted by Crippen LogP contribution is -2.37. The van der Waals surface area contributed by atoms with Gasteiger partial charge in [0.15, 0.2) is 6.10 Å². The predicted octanol–water partition coefficient (Wildman–Crippen LogP) is 5.15. The fourth-order valence-electron chi connectivity index (χ4n) is 3.39. The molecule has 0 amide bonds. The van der Waals surface area contributed by atoms with Crippen molar-refractivity contribution in [2.75, 3.05) is 47.5 Å². The Kier molecular flexibility index (Phi) is 20.4. The summed E-state index contributed by atoms with van der Waals surface area (Å²) >= 11 is 0. The molecule has 0 saturated carbocycles. The quantitative estimate of drug-likeness (QED) is 0.0719. The molecule has 0 saturated heterocycles. The van der Waals surface area contributed by atoms with Gasteiger partial charge in [0.1, 0.15) is 19.8 Å². The van der Waals surface area contributed by atoms with E-state index < -0.39 is 32.5 Å². The molecule has 0 aromatic carbocycles. The van der Waals surface area contributed by atoms with E-state index in [1.54, 1.807) is 0 Å². The lowest BCUT2D eigenvalue weighted by molar-refractivity contribution is -0.870. The molecule has 214 valence electrons. The van der Waals surface area contributed by atoms with Crippen molar-refractivity contribution in [3.8, 4) is 0 Å². The van der Waals surface area contributed by atoms with E-state index in [0.29, 0.717) is 17.4 Å². The van der Waals surface area contributed by atoms with Crippen molar-refractivity contribution in [2.24, 2.45) is 0 Å². The van der Waals surface area contributed by atoms with Gasteiger partial charge in [-0.25, -0.2) is 0 Å². The average Bonchev–Trinajstić information content (AvgIpc) is 2.78. The number of esters is 2. The number of quaternary nitrogens is 1. The fourth-order valence-corrected chi connectivity index (χ4v) is 4.12. The predicted molar refractivity (Wildman–Crippen MR) is 139 cm³/mol. The summed E-state index contributed by atoms with van der Waals surface area (Å²) in [7, 11) is 1.16. The second-order valence-electron chi connectivity index (χ2n) is 10.4. The number of nitrogens with zero attached hydrogens (tertiary/aromatic N) is 1. The summed E-state index contributed by atoms with van der Waals surface area (Å²) in [6.45, 7) is 3.77. The van der Waals surface area contributed by atoms with E-state index in [2.05, 4.69) is 6.92 Å². The molecule has 0 rings (SSSR count). The van der Waals surface area contributed by atoms with Gasteiger partial charge in [-0.15, -0.1) is 0 Å². The van der Waals surface area contributed by atoms with Crippen molar-refractivity contribution in [2.45, 2.75) is 110 Å². The standard InChI is InChI=1S/C26H52NO8P/c1-6-8-9-10-11-12-13-14-15-16-17-19-25(28)32-22-24(35-26(29)18-7-2)23-34-36(30,31)33-21-20-27(3,4)5/h24H,6-23H2,1-5H3/t24-/m1/s1. The van der Waals surface area contributed by atoms with Crippen LogP contribution in [0.15, 0.2) is 0 Å². The number of likely N-dealkylation sites (N-methyl/N-ethyl adjacent to an activating group) is 1. The maximum Gasteiger partial charge on any atom is 0.306 e. The maximum absolute atomic E-state index is 12.1. The number of hydrogen-bond acceptors (Lipinski definition) is 8. The van der Waals surface area contributed by atoms with Gasteiger partial charge >= 0.3 is 11.9 Å². The number of phosphoric ester groups is 1. The molecule has 10 heteroatoms. The number of hydrogen-bond donors (Lipinski definition) is 0. The third-order valence-corrected chi connectivity index (χ3v) is 6.56. The first-order valence-corrected chi connectivity index (χ1v) is 15.2. The van der Waals surface area contributed by atoms with Crippen LogP contribution in [0.1, 0.15) is 104 Å². The van der Waals surface area contributed by atoms with E-state index in [1.807, 2.05) is 28.1 Å². The zero-order valence-electron chi connectivity index (χ0n) is 23.5. The smallest absolute Gasteiger partial charge is 0.306 e. The van der Waals surface area contributed by atoms with Crippen LogP contribution in [0, 0.1) is 0 Å². The minimum Gasteiger partial charge on any atom is -0.756 e. The zero-order chi connectivity index (χ0) is 27.3. The van der Waals surface area contributed by atoms with Gasteiger partial charge in [0, 0.05) is 12.8 Å². The van der Waals surface area contributed by atoms with E-state index in [9.17, 15) is 19.0 Å². The summed E-state index contributed by atoms with van der Waals surface area (Å²) in [5.74, 6) is -0.897. The first-order chi connectivity index (χ1) is 17.0. The summed E-state index contributed by atoms with van der Waals surface area (Å²) in [6.07, 6.45) is 13.1. The summed E-state index contributed by atoms with van der Waals surface area (Å²) in [4.78, 5) is 36.0. The first-order valence-electron chi connectivity index (χ1n) is 13.7. The third kappa shape index (κ3) is 23.4. The van der Waals surface area contributed by atoms with Crippen molar-refractivity contribution < 1.29 is 42.1 Å². The molecule has 2 atom stereocenters. The Hall–Kier alpha value is -0.990. The van der Waals surface area contributed by atoms with Gasteiger partial charge in [0.05, 0.1) is 27.7 Å². The number of phosphoric acid groups is 1. The molecule has 0 radical (unpaired) electrons. The normalized spacial score (nSPS) is 14.3. The van der Waals surface area contributed by atoms with Crippen molar-refractivity contribution in [3.63, 3.8) is 0 Å². The first kappa shape index (κ1) is 35.0. The molecule has 9 nitrogen and oxygen atoms in total. The highest BCUT2D eigenvalue weighted by atomic mass is 31.2. The second-order valence-corrected chi connectivity index (χ2v) is 11.8. The Balaban J connectivity index is 4.23. The van der Waals surface area contributed by atoms with Gasteiger partial charge in [-0.05, 0) is 12.8 Å². The summed E-state index contributed by atoms with van der Waals surface area (Å²) in [6, 6.07) is 0. The van der Waals surface area contributed by atoms with Crippen LogP contribution in [-0.2, 0) is 32.7 Å². The van der Waals surface area contributed by atoms with E-state index in [-0.39, 0.29) is 26.1 Å². The zero-order valence-corrected chi connectivity index (χ0v) is 24.4. The van der Waals surface area contributed by atoms with Crippen molar-refractivity contribution >= 4 is 19.8 Å². The van der Waals surface area contributed by atoms with Crippen LogP contribution in [0.2, 0.25) is 0 Å². The number of carbonyl (C=O) groups is 2. The molecule has 0 fully saturated rings. The molecule has 0 aliphatic heterocycles. The lowest BCUT2D eigenvalue weighted by Gasteiger charge is -2.28. The van der Waals surface area contributed by atoms with Gasteiger partial charge in [0.25, 0.3) is 7.82 Å². The van der Waals surface area contributed by atoms with E-state index >= 15 is 0 Å². The molecular weight excluding hydrogens is 485 g/mol. The minimum atomic E-state index is -4.57. The van der Waals surface area contributed by atoms with Crippen LogP contribution in [0.5, 0.6) is 0 Å². The Morgan fingerprint density at radius 3 is 1.83 bits per heavy atom. The van der Waals surface area contributed by atoms with Gasteiger partial charge in [-0.1, -0.05) is 78.1 Å². The summed E-state index contributed by atoms with van der Waals surface area (Å²) in [5.41, 5.74) is 0. The fraction of sp³-hybridized carbons (Fsp3) is 0.923. The highest BCUT2D eigenvalue weighted by Gasteiger charge is 2.21. The van der Waals surface area contributed by atoms with Crippen LogP contribution in [-0.4, -0.2) is 70.0 Å². The average molecular weight is 538 g/mol. The molecule has 0 heterocycles. The van der Waals surface area contributed by atoms with Crippen LogP contribution in [0.4, 0.5) is 0 Å². The molecule has 0 aromatic heterocycles. The van der Waals surface area contributed by atoms with Crippen molar-refractivity contribution in [1.29, 1.82) is 0 Å². The molecule has 0 aliphatic rings. The van der Waals surface area contributed by atoms with Crippen LogP contribution in [0.3, 0.4) is 0 Å². The highest BCUT2D eigenvalue weighted by Crippen LogP contribution is 2.38. The van der Waals surface area contributed by atoms with Gasteiger partial charge in [-0.2, -0.15) is 0 Å². The minimum absolute atomic E-state index is 0.0293. The van der Waals surface area contributed by atoms with Crippen LogP contribution in [0.25, 0.3) is 0 Å². The lowest BCUT2D eigenvalue weighted by atomic mass is 10.1. The number of ether oxygens (including phenoxy) is 2. The number of carbonyl (C=O) groups excluding carboxylic acids is 2. The van der Waals surface area contributed by atoms with Crippen molar-refractivity contribution in [1.82, 2.24) is 0 Å². The Morgan fingerprint density at radius 2 is 1.31 bits per heavy atom. The van der Waals surface area contributed by atoms with Crippen LogP contribution < -0.4 is 4.89 Å². The Morgan fingerprint density at radius 1 is 0.750 bits per heavy atom. The van der Waals surface area contributed by atoms with E-state index in [0.717, 1.165) is 19.3 Å². The van der Waals surface area contributed by atoms with Gasteiger partial charge < -0.3 is 27.9 Å². The highest BCUT2D eigenvalue weighted by molar-refractivity contribution is 7.45. The monoisotopic (exact) mass is 537 g/mol. The largest absolute Gasteiger partial charge is 0.756 e. The molecule has 0 aromatic rings. The second kappa shape index (κ2) is 21.0. The topological polar surface area (TPSA) is 111 Å².